The molecule has 1 amide bonds. The fraction of sp³-hybridized carbons (Fsp3) is 0.269. The molecule has 1 atom stereocenters. The number of methoxy groups -OCH3 is 1. The third kappa shape index (κ3) is 3.91. The molecule has 0 aliphatic carbocycles. The SMILES string of the molecule is COC(=O)c1ccc([C@H]2c3c(oc4ccc(C)cc4c3=O)C(=O)N2c2nnc(CC(C)C)s2)cc1. The molecule has 8 nitrogen and oxygen atoms in total. The van der Waals surface area contributed by atoms with Gasteiger partial charge in [0, 0.05) is 6.42 Å². The summed E-state index contributed by atoms with van der Waals surface area (Å²) >= 11 is 1.32. The quantitative estimate of drug-likeness (QED) is 0.375. The number of esters is 1. The van der Waals surface area contributed by atoms with Gasteiger partial charge in [-0.25, -0.2) is 4.79 Å². The number of hydrogen-bond acceptors (Lipinski definition) is 8. The lowest BCUT2D eigenvalue weighted by Crippen LogP contribution is -2.29. The van der Waals surface area contributed by atoms with Gasteiger partial charge in [0.15, 0.2) is 5.43 Å². The lowest BCUT2D eigenvalue weighted by atomic mass is 9.97. The van der Waals surface area contributed by atoms with Gasteiger partial charge in [0.1, 0.15) is 10.6 Å². The minimum Gasteiger partial charge on any atom is -0.465 e. The molecule has 4 aromatic rings. The predicted molar refractivity (Wildman–Crippen MR) is 132 cm³/mol. The van der Waals surface area contributed by atoms with Crippen LogP contribution >= 0.6 is 11.3 Å². The summed E-state index contributed by atoms with van der Waals surface area (Å²) in [6, 6.07) is 11.2. The number of fused-ring (bicyclic) bond motifs is 2. The number of aromatic nitrogens is 2. The largest absolute Gasteiger partial charge is 0.465 e. The number of ether oxygens (including phenoxy) is 1. The van der Waals surface area contributed by atoms with Crippen molar-refractivity contribution in [2.75, 3.05) is 12.0 Å². The van der Waals surface area contributed by atoms with Gasteiger partial charge in [0.05, 0.1) is 29.7 Å². The summed E-state index contributed by atoms with van der Waals surface area (Å²) in [5.74, 6) is -0.552. The highest BCUT2D eigenvalue weighted by Gasteiger charge is 2.45. The molecule has 0 saturated carbocycles. The number of carbonyl (C=O) groups excluding carboxylic acids is 2. The van der Waals surface area contributed by atoms with Gasteiger partial charge in [0.25, 0.3) is 5.91 Å². The van der Waals surface area contributed by atoms with Gasteiger partial charge in [-0.2, -0.15) is 0 Å². The van der Waals surface area contributed by atoms with Crippen molar-refractivity contribution < 1.29 is 18.7 Å². The Kier molecular flexibility index (Phi) is 5.72. The second-order valence-corrected chi connectivity index (χ2v) is 9.98. The van der Waals surface area contributed by atoms with E-state index in [1.165, 1.54) is 23.3 Å². The molecule has 3 heterocycles. The molecule has 0 N–H and O–H groups in total. The molecule has 0 bridgehead atoms. The maximum Gasteiger partial charge on any atom is 0.337 e. The number of nitrogens with zero attached hydrogens (tertiary/aromatic N) is 3. The number of benzene rings is 2. The molecule has 0 spiro atoms. The minimum absolute atomic E-state index is 0.00555. The van der Waals surface area contributed by atoms with Crippen molar-refractivity contribution in [1.29, 1.82) is 0 Å². The van der Waals surface area contributed by atoms with Gasteiger partial charge in [0.2, 0.25) is 10.9 Å². The first-order chi connectivity index (χ1) is 16.8. The molecule has 2 aromatic carbocycles. The van der Waals surface area contributed by atoms with E-state index in [0.717, 1.165) is 17.0 Å². The summed E-state index contributed by atoms with van der Waals surface area (Å²) in [6.07, 6.45) is 0.728. The summed E-state index contributed by atoms with van der Waals surface area (Å²) in [6.45, 7) is 6.06. The van der Waals surface area contributed by atoms with Crippen LogP contribution < -0.4 is 10.3 Å². The highest BCUT2D eigenvalue weighted by atomic mass is 32.1. The summed E-state index contributed by atoms with van der Waals surface area (Å²) in [7, 11) is 1.31. The summed E-state index contributed by atoms with van der Waals surface area (Å²) in [5, 5.41) is 10.2. The number of hydrogen-bond donors (Lipinski definition) is 0. The summed E-state index contributed by atoms with van der Waals surface area (Å²) in [5.41, 5.74) is 2.25. The maximum absolute atomic E-state index is 13.7. The molecule has 2 aromatic heterocycles. The van der Waals surface area contributed by atoms with Crippen LogP contribution in [0.3, 0.4) is 0 Å². The Morgan fingerprint density at radius 3 is 2.57 bits per heavy atom. The fourth-order valence-corrected chi connectivity index (χ4v) is 5.37. The predicted octanol–water partition coefficient (Wildman–Crippen LogP) is 4.69. The van der Waals surface area contributed by atoms with Crippen LogP contribution in [0.25, 0.3) is 11.0 Å². The first-order valence-electron chi connectivity index (χ1n) is 11.2. The monoisotopic (exact) mass is 489 g/mol. The van der Waals surface area contributed by atoms with Gasteiger partial charge in [-0.1, -0.05) is 48.9 Å². The van der Waals surface area contributed by atoms with Crippen LogP contribution in [0, 0.1) is 12.8 Å². The zero-order chi connectivity index (χ0) is 24.9. The molecule has 0 radical (unpaired) electrons. The van der Waals surface area contributed by atoms with Crippen LogP contribution in [0.4, 0.5) is 5.13 Å². The second-order valence-electron chi connectivity index (χ2n) is 8.94. The van der Waals surface area contributed by atoms with Crippen molar-refractivity contribution in [2.45, 2.75) is 33.2 Å². The van der Waals surface area contributed by atoms with E-state index < -0.39 is 17.9 Å². The van der Waals surface area contributed by atoms with Crippen LogP contribution in [-0.4, -0.2) is 29.2 Å². The van der Waals surface area contributed by atoms with Gasteiger partial charge >= 0.3 is 5.97 Å². The third-order valence-electron chi connectivity index (χ3n) is 5.92. The van der Waals surface area contributed by atoms with E-state index in [0.29, 0.717) is 33.1 Å². The van der Waals surface area contributed by atoms with Crippen molar-refractivity contribution in [3.8, 4) is 0 Å². The highest BCUT2D eigenvalue weighted by Crippen LogP contribution is 2.42. The van der Waals surface area contributed by atoms with E-state index in [4.69, 9.17) is 9.15 Å². The summed E-state index contributed by atoms with van der Waals surface area (Å²) < 4.78 is 10.8. The number of rotatable bonds is 5. The molecule has 5 rings (SSSR count). The molecule has 178 valence electrons. The lowest BCUT2D eigenvalue weighted by Gasteiger charge is -2.22. The van der Waals surface area contributed by atoms with Crippen LogP contribution in [0.2, 0.25) is 0 Å². The molecule has 1 aliphatic heterocycles. The Bertz CT molecular complexity index is 1520. The van der Waals surface area contributed by atoms with Crippen LogP contribution in [0.5, 0.6) is 0 Å². The van der Waals surface area contributed by atoms with Crippen molar-refractivity contribution in [1.82, 2.24) is 10.2 Å². The Hall–Kier alpha value is -3.85. The van der Waals surface area contributed by atoms with E-state index >= 15 is 0 Å². The van der Waals surface area contributed by atoms with Crippen molar-refractivity contribution in [3.05, 3.63) is 85.7 Å². The summed E-state index contributed by atoms with van der Waals surface area (Å²) in [4.78, 5) is 40.8. The maximum atomic E-state index is 13.7. The normalized spacial score (nSPS) is 15.2. The smallest absolute Gasteiger partial charge is 0.337 e. The van der Waals surface area contributed by atoms with Crippen molar-refractivity contribution >= 4 is 39.3 Å². The van der Waals surface area contributed by atoms with Crippen molar-refractivity contribution in [2.24, 2.45) is 5.92 Å². The van der Waals surface area contributed by atoms with E-state index in [-0.39, 0.29) is 16.8 Å². The first-order valence-corrected chi connectivity index (χ1v) is 12.0. The molecule has 9 heteroatoms. The van der Waals surface area contributed by atoms with Gasteiger partial charge in [-0.3, -0.25) is 14.5 Å². The Labute approximate surface area is 205 Å². The van der Waals surface area contributed by atoms with E-state index in [9.17, 15) is 14.4 Å². The Balaban J connectivity index is 1.71. The average Bonchev–Trinajstić information content (AvgIpc) is 3.41. The Morgan fingerprint density at radius 2 is 1.89 bits per heavy atom. The second kappa shape index (κ2) is 8.74. The van der Waals surface area contributed by atoms with Crippen molar-refractivity contribution in [3.63, 3.8) is 0 Å². The first kappa shape index (κ1) is 22.9. The molecular formula is C26H23N3O5S. The van der Waals surface area contributed by atoms with Gasteiger partial charge < -0.3 is 9.15 Å². The highest BCUT2D eigenvalue weighted by molar-refractivity contribution is 7.15. The topological polar surface area (TPSA) is 103 Å². The van der Waals surface area contributed by atoms with E-state index in [1.54, 1.807) is 36.4 Å². The standard InChI is InChI=1S/C26H23N3O5S/c1-13(2)11-19-27-28-26(35-19)29-21(15-6-8-16(9-7-15)25(32)33-4)20-22(30)17-12-14(3)5-10-18(17)34-23(20)24(29)31/h5-10,12-13,21H,11H2,1-4H3/t21-/m0/s1. The lowest BCUT2D eigenvalue weighted by molar-refractivity contribution is 0.0600. The van der Waals surface area contributed by atoms with Gasteiger partial charge in [-0.15, -0.1) is 10.2 Å². The molecule has 0 saturated heterocycles. The van der Waals surface area contributed by atoms with Crippen LogP contribution in [-0.2, 0) is 11.2 Å². The molecule has 0 fully saturated rings. The third-order valence-corrected chi connectivity index (χ3v) is 6.86. The molecular weight excluding hydrogens is 466 g/mol. The number of anilines is 1. The van der Waals surface area contributed by atoms with Crippen LogP contribution in [0.15, 0.2) is 51.7 Å². The molecule has 0 unspecified atom stereocenters. The zero-order valence-electron chi connectivity index (χ0n) is 19.7. The minimum atomic E-state index is -0.773. The molecule has 1 aliphatic rings. The fourth-order valence-electron chi connectivity index (χ4n) is 4.29. The Morgan fingerprint density at radius 1 is 1.14 bits per heavy atom. The average molecular weight is 490 g/mol. The van der Waals surface area contributed by atoms with E-state index in [2.05, 4.69) is 24.0 Å². The number of amides is 1. The van der Waals surface area contributed by atoms with E-state index in [1.807, 2.05) is 13.0 Å². The zero-order valence-corrected chi connectivity index (χ0v) is 20.5. The molecule has 35 heavy (non-hydrogen) atoms. The van der Waals surface area contributed by atoms with Crippen LogP contribution in [0.1, 0.15) is 62.5 Å². The number of aryl methyl sites for hydroxylation is 1. The van der Waals surface area contributed by atoms with Gasteiger partial charge in [-0.05, 0) is 42.7 Å². The number of carbonyl (C=O) groups is 2.